The van der Waals surface area contributed by atoms with Gasteiger partial charge in [-0.3, -0.25) is 39.0 Å². The third kappa shape index (κ3) is 9.68. The van der Waals surface area contributed by atoms with E-state index in [4.69, 9.17) is 19.9 Å². The molecule has 6 N–H and O–H groups in total. The number of benzene rings is 3. The number of nitrogens with two attached hydrogens (primary N) is 1. The highest BCUT2D eigenvalue weighted by Crippen LogP contribution is 2.33. The van der Waals surface area contributed by atoms with Gasteiger partial charge in [0.25, 0.3) is 18.2 Å². The van der Waals surface area contributed by atoms with Crippen LogP contribution in [0.25, 0.3) is 16.7 Å². The van der Waals surface area contributed by atoms with Crippen molar-refractivity contribution >= 4 is 63.9 Å². The highest BCUT2D eigenvalue weighted by Gasteiger charge is 2.49. The number of H-pyrrole nitrogens is 1. The van der Waals surface area contributed by atoms with Crippen LogP contribution in [0.4, 0.5) is 22.0 Å². The second kappa shape index (κ2) is 18.5. The first-order chi connectivity index (χ1) is 30.1. The molecule has 1 saturated heterocycles. The number of aromatic nitrogens is 4. The maximum Gasteiger partial charge on any atom is 0.326 e. The monoisotopic (exact) mass is 862 g/mol. The van der Waals surface area contributed by atoms with Crippen LogP contribution in [-0.2, 0) is 29.3 Å². The van der Waals surface area contributed by atoms with Crippen molar-refractivity contribution in [2.75, 3.05) is 42.3 Å². The average molecular weight is 863 g/mol. The first-order valence-electron chi connectivity index (χ1n) is 20.6. The maximum atomic E-state index is 13.9. The lowest BCUT2D eigenvalue weighted by molar-refractivity contribution is -0.185. The summed E-state index contributed by atoms with van der Waals surface area (Å²) in [6, 6.07) is 17.8. The van der Waals surface area contributed by atoms with E-state index in [1.54, 1.807) is 50.5 Å². The molecule has 19 heteroatoms. The van der Waals surface area contributed by atoms with Gasteiger partial charge in [-0.1, -0.05) is 40.7 Å². The van der Waals surface area contributed by atoms with Crippen LogP contribution in [0.2, 0.25) is 0 Å². The molecule has 2 aliphatic heterocycles. The number of hydrogen-bond donors (Lipinski definition) is 5. The smallest absolute Gasteiger partial charge is 0.326 e. The van der Waals surface area contributed by atoms with Crippen LogP contribution in [0, 0.1) is 5.92 Å². The van der Waals surface area contributed by atoms with Crippen molar-refractivity contribution in [2.24, 2.45) is 11.7 Å². The Labute approximate surface area is 362 Å². The summed E-state index contributed by atoms with van der Waals surface area (Å²) in [6.07, 6.45) is 0.0280. The van der Waals surface area contributed by atoms with Crippen molar-refractivity contribution < 1.29 is 43.0 Å². The molecule has 3 aromatic carbocycles. The number of nitrogens with zero attached hydrogens (tertiary/aromatic N) is 5. The zero-order valence-electron chi connectivity index (χ0n) is 35.6. The Hall–Kier alpha value is -7.12. The van der Waals surface area contributed by atoms with Crippen molar-refractivity contribution in [3.05, 3.63) is 89.9 Å². The van der Waals surface area contributed by atoms with E-state index >= 15 is 0 Å². The molecule has 4 heterocycles. The normalized spacial score (nSPS) is 15.2. The standard InChI is InChI=1S/C44H50N10O9/c1-25(2)38(45)41(59)63-43(53-35(55)10-7-11-36(53)56)54-39(57)29-8-6-9-30(37(29)40(54)58)46-18-19-61-20-21-62-28-16-17-32-31(22-28)47-24-52(32)27-14-12-26(13-15-27)48-42(60)49-34-23-33(50-51-34)44(3,4)5/h6,8-9,12-17,22-25,38,43,46H,7,10-11,18-21,45H2,1-5H3,(H3,48,49,50,51,60)/t38-,43?/m0/s1. The van der Waals surface area contributed by atoms with Gasteiger partial charge < -0.3 is 30.6 Å². The van der Waals surface area contributed by atoms with Gasteiger partial charge in [0.15, 0.2) is 5.82 Å². The minimum Gasteiger partial charge on any atom is -0.491 e. The number of fused-ring (bicyclic) bond motifs is 2. The van der Waals surface area contributed by atoms with E-state index in [1.807, 2.05) is 34.9 Å². The van der Waals surface area contributed by atoms with Crippen molar-refractivity contribution in [1.29, 1.82) is 0 Å². The minimum absolute atomic E-state index is 0.00437. The molecule has 2 atom stereocenters. The second-order valence-corrected chi connectivity index (χ2v) is 16.4. The third-order valence-electron chi connectivity index (χ3n) is 10.5. The Morgan fingerprint density at radius 2 is 1.63 bits per heavy atom. The molecular formula is C44H50N10O9. The molecular weight excluding hydrogens is 813 g/mol. The van der Waals surface area contributed by atoms with E-state index in [0.717, 1.165) is 16.9 Å². The number of urea groups is 1. The van der Waals surface area contributed by atoms with Gasteiger partial charge >= 0.3 is 12.0 Å². The number of carbonyl (C=O) groups is 6. The number of esters is 1. The number of imide groups is 2. The van der Waals surface area contributed by atoms with E-state index < -0.39 is 48.0 Å². The van der Waals surface area contributed by atoms with Crippen molar-refractivity contribution in [3.63, 3.8) is 0 Å². The fraction of sp³-hybridized carbons (Fsp3) is 0.364. The van der Waals surface area contributed by atoms with E-state index in [0.29, 0.717) is 44.7 Å². The first-order valence-corrected chi connectivity index (χ1v) is 20.6. The highest BCUT2D eigenvalue weighted by molar-refractivity contribution is 6.24. The summed E-state index contributed by atoms with van der Waals surface area (Å²) in [5.74, 6) is -3.31. The Morgan fingerprint density at radius 3 is 2.33 bits per heavy atom. The fourth-order valence-electron chi connectivity index (χ4n) is 6.96. The molecule has 0 spiro atoms. The number of piperidine rings is 1. The molecule has 19 nitrogen and oxygen atoms in total. The number of rotatable bonds is 16. The number of carbonyl (C=O) groups excluding carboxylic acids is 6. The lowest BCUT2D eigenvalue weighted by Crippen LogP contribution is -2.59. The predicted octanol–water partition coefficient (Wildman–Crippen LogP) is 5.14. The predicted molar refractivity (Wildman–Crippen MR) is 231 cm³/mol. The molecule has 1 unspecified atom stereocenters. The Balaban J connectivity index is 0.892. The van der Waals surface area contributed by atoms with Gasteiger partial charge in [-0.15, -0.1) is 0 Å². The molecule has 63 heavy (non-hydrogen) atoms. The van der Waals surface area contributed by atoms with Gasteiger partial charge in [0.2, 0.25) is 11.8 Å². The molecule has 7 rings (SSSR count). The fourth-order valence-corrected chi connectivity index (χ4v) is 6.96. The maximum absolute atomic E-state index is 13.9. The average Bonchev–Trinajstić information content (AvgIpc) is 3.96. The summed E-state index contributed by atoms with van der Waals surface area (Å²) in [6.45, 7) is 10.5. The summed E-state index contributed by atoms with van der Waals surface area (Å²) >= 11 is 0. The molecule has 0 saturated carbocycles. The number of imidazole rings is 1. The van der Waals surface area contributed by atoms with Crippen LogP contribution in [-0.4, -0.2) is 104 Å². The van der Waals surface area contributed by atoms with Gasteiger partial charge in [-0.2, -0.15) is 5.10 Å². The number of aromatic amines is 1. The van der Waals surface area contributed by atoms with E-state index in [-0.39, 0.29) is 61.7 Å². The van der Waals surface area contributed by atoms with Crippen LogP contribution in [0.5, 0.6) is 5.75 Å². The number of likely N-dealkylation sites (tertiary alicyclic amines) is 1. The SMILES string of the molecule is CC(C)[C@H](N)C(=O)OC(N1C(=O)CCCC1=O)N1C(=O)c2cccc(NCCOCCOc3ccc4c(c3)ncn4-c3ccc(NC(=O)Nc4cc(C(C)(C)C)[nH]n4)cc3)c2C1=O. The molecule has 6 amide bonds. The lowest BCUT2D eigenvalue weighted by atomic mass is 9.92. The van der Waals surface area contributed by atoms with Crippen molar-refractivity contribution in [1.82, 2.24) is 29.5 Å². The van der Waals surface area contributed by atoms with Crippen molar-refractivity contribution in [2.45, 2.75) is 71.7 Å². The summed E-state index contributed by atoms with van der Waals surface area (Å²) in [5.41, 5.74) is 10.1. The van der Waals surface area contributed by atoms with Crippen LogP contribution < -0.4 is 26.4 Å². The summed E-state index contributed by atoms with van der Waals surface area (Å²) < 4.78 is 19.1. The molecule has 0 bridgehead atoms. The number of anilines is 3. The topological polar surface area (TPSA) is 245 Å². The van der Waals surface area contributed by atoms with Crippen LogP contribution in [0.15, 0.2) is 73.1 Å². The largest absolute Gasteiger partial charge is 0.491 e. The minimum atomic E-state index is -1.93. The molecule has 2 aromatic heterocycles. The van der Waals surface area contributed by atoms with E-state index in [2.05, 4.69) is 51.9 Å². The molecule has 0 aliphatic carbocycles. The summed E-state index contributed by atoms with van der Waals surface area (Å²) in [5, 5.41) is 15.8. The van der Waals surface area contributed by atoms with Crippen LogP contribution in [0.3, 0.4) is 0 Å². The number of nitrogens with one attached hydrogen (secondary N) is 4. The van der Waals surface area contributed by atoms with Gasteiger partial charge in [-0.25, -0.2) is 19.6 Å². The Kier molecular flexibility index (Phi) is 12.9. The molecule has 330 valence electrons. The van der Waals surface area contributed by atoms with Gasteiger partial charge in [0.05, 0.1) is 35.4 Å². The van der Waals surface area contributed by atoms with Gasteiger partial charge in [0, 0.05) is 59.7 Å². The summed E-state index contributed by atoms with van der Waals surface area (Å²) in [7, 11) is 0. The first kappa shape index (κ1) is 44.0. The number of amides is 6. The van der Waals surface area contributed by atoms with Crippen LogP contribution in [0.1, 0.15) is 80.3 Å². The highest BCUT2D eigenvalue weighted by atomic mass is 16.6. The Morgan fingerprint density at radius 1 is 0.889 bits per heavy atom. The quantitative estimate of drug-likeness (QED) is 0.0491. The lowest BCUT2D eigenvalue weighted by Gasteiger charge is -2.36. The molecule has 1 fully saturated rings. The number of ether oxygens (including phenoxy) is 3. The molecule has 2 aliphatic rings. The van der Waals surface area contributed by atoms with Crippen molar-refractivity contribution in [3.8, 4) is 11.4 Å². The van der Waals surface area contributed by atoms with E-state index in [9.17, 15) is 28.8 Å². The van der Waals surface area contributed by atoms with E-state index in [1.165, 1.54) is 6.07 Å². The van der Waals surface area contributed by atoms with Gasteiger partial charge in [0.1, 0.15) is 24.7 Å². The zero-order valence-corrected chi connectivity index (χ0v) is 35.6. The Bertz CT molecular complexity index is 2530. The molecule has 5 aromatic rings. The number of hydrogen-bond acceptors (Lipinski definition) is 13. The third-order valence-corrected chi connectivity index (χ3v) is 10.5. The van der Waals surface area contributed by atoms with Crippen LogP contribution >= 0.6 is 0 Å². The molecule has 0 radical (unpaired) electrons. The summed E-state index contributed by atoms with van der Waals surface area (Å²) in [4.78, 5) is 84.9. The van der Waals surface area contributed by atoms with Gasteiger partial charge in [-0.05, 0) is 60.9 Å². The zero-order chi connectivity index (χ0) is 45.0. The second-order valence-electron chi connectivity index (χ2n) is 16.4.